The molecule has 2 rings (SSSR count). The van der Waals surface area contributed by atoms with Crippen LogP contribution in [0.25, 0.3) is 11.1 Å². The molecule has 0 bridgehead atoms. The molecule has 1 unspecified atom stereocenters. The summed E-state index contributed by atoms with van der Waals surface area (Å²) in [5.41, 5.74) is 12.6. The van der Waals surface area contributed by atoms with E-state index in [1.54, 1.807) is 0 Å². The first-order valence-electron chi connectivity index (χ1n) is 7.41. The van der Waals surface area contributed by atoms with Crippen molar-refractivity contribution in [1.29, 1.82) is 0 Å². The molecule has 2 aromatic rings. The van der Waals surface area contributed by atoms with E-state index in [0.29, 0.717) is 18.4 Å². The molecule has 0 spiro atoms. The Labute approximate surface area is 122 Å². The van der Waals surface area contributed by atoms with E-state index in [1.165, 1.54) is 27.8 Å². The van der Waals surface area contributed by atoms with Crippen LogP contribution in [0.3, 0.4) is 0 Å². The number of rotatable bonds is 4. The van der Waals surface area contributed by atoms with Gasteiger partial charge in [0.2, 0.25) is 0 Å². The lowest BCUT2D eigenvalue weighted by atomic mass is 9.87. The molecule has 0 amide bonds. The predicted octanol–water partition coefficient (Wildman–Crippen LogP) is 4.67. The standard InChI is InChI=1S/C19H25N/c1-13(2)19(12-20)17-10-8-16(9-11-17)18-7-5-6-14(3)15(18)4/h5-11,13,19H,12,20H2,1-4H3. The molecular weight excluding hydrogens is 242 g/mol. The largest absolute Gasteiger partial charge is 0.330 e. The third-order valence-corrected chi connectivity index (χ3v) is 4.31. The van der Waals surface area contributed by atoms with E-state index in [4.69, 9.17) is 5.73 Å². The number of hydrogen-bond donors (Lipinski definition) is 1. The Kier molecular flexibility index (Phi) is 4.61. The lowest BCUT2D eigenvalue weighted by molar-refractivity contribution is 0.506. The zero-order valence-electron chi connectivity index (χ0n) is 13.0. The number of nitrogens with two attached hydrogens (primary N) is 1. The second-order valence-corrected chi connectivity index (χ2v) is 5.96. The van der Waals surface area contributed by atoms with Crippen molar-refractivity contribution < 1.29 is 0 Å². The average molecular weight is 267 g/mol. The molecule has 1 atom stereocenters. The Morgan fingerprint density at radius 1 is 0.950 bits per heavy atom. The highest BCUT2D eigenvalue weighted by molar-refractivity contribution is 5.68. The highest BCUT2D eigenvalue weighted by Gasteiger charge is 2.14. The van der Waals surface area contributed by atoms with Gasteiger partial charge in [0.05, 0.1) is 0 Å². The number of aryl methyl sites for hydroxylation is 1. The summed E-state index contributed by atoms with van der Waals surface area (Å²) in [6.07, 6.45) is 0. The Balaban J connectivity index is 2.35. The number of hydrogen-bond acceptors (Lipinski definition) is 1. The van der Waals surface area contributed by atoms with Crippen LogP contribution >= 0.6 is 0 Å². The highest BCUT2D eigenvalue weighted by Crippen LogP contribution is 2.29. The molecule has 20 heavy (non-hydrogen) atoms. The zero-order valence-corrected chi connectivity index (χ0v) is 13.0. The van der Waals surface area contributed by atoms with Gasteiger partial charge in [-0.2, -0.15) is 0 Å². The molecule has 0 radical (unpaired) electrons. The Morgan fingerprint density at radius 3 is 2.15 bits per heavy atom. The van der Waals surface area contributed by atoms with Crippen molar-refractivity contribution in [3.63, 3.8) is 0 Å². The van der Waals surface area contributed by atoms with Gasteiger partial charge in [0.25, 0.3) is 0 Å². The van der Waals surface area contributed by atoms with Crippen LogP contribution in [0.2, 0.25) is 0 Å². The van der Waals surface area contributed by atoms with Gasteiger partial charge in [-0.1, -0.05) is 56.3 Å². The summed E-state index contributed by atoms with van der Waals surface area (Å²) in [7, 11) is 0. The third kappa shape index (κ3) is 2.94. The Bertz CT molecular complexity index is 567. The molecule has 1 nitrogen and oxygen atoms in total. The fraction of sp³-hybridized carbons (Fsp3) is 0.368. The molecule has 0 fully saturated rings. The molecule has 2 N–H and O–H groups in total. The van der Waals surface area contributed by atoms with Gasteiger partial charge in [-0.15, -0.1) is 0 Å². The summed E-state index contributed by atoms with van der Waals surface area (Å²) in [4.78, 5) is 0. The van der Waals surface area contributed by atoms with Crippen molar-refractivity contribution in [3.05, 3.63) is 59.2 Å². The van der Waals surface area contributed by atoms with Crippen LogP contribution in [0.4, 0.5) is 0 Å². The summed E-state index contributed by atoms with van der Waals surface area (Å²) in [6, 6.07) is 15.4. The maximum atomic E-state index is 5.90. The quantitative estimate of drug-likeness (QED) is 0.856. The first-order valence-corrected chi connectivity index (χ1v) is 7.41. The molecule has 1 heteroatoms. The highest BCUT2D eigenvalue weighted by atomic mass is 14.6. The van der Waals surface area contributed by atoms with E-state index in [0.717, 1.165) is 0 Å². The second-order valence-electron chi connectivity index (χ2n) is 5.96. The molecule has 0 aliphatic rings. The SMILES string of the molecule is Cc1cccc(-c2ccc(C(CN)C(C)C)cc2)c1C. The van der Waals surface area contributed by atoms with Crippen molar-refractivity contribution in [2.75, 3.05) is 6.54 Å². The summed E-state index contributed by atoms with van der Waals surface area (Å²) in [5.74, 6) is 1.02. The topological polar surface area (TPSA) is 26.0 Å². The van der Waals surface area contributed by atoms with Gasteiger partial charge in [0.15, 0.2) is 0 Å². The van der Waals surface area contributed by atoms with Gasteiger partial charge < -0.3 is 5.73 Å². The van der Waals surface area contributed by atoms with Crippen molar-refractivity contribution in [1.82, 2.24) is 0 Å². The first kappa shape index (κ1) is 14.8. The monoisotopic (exact) mass is 267 g/mol. The van der Waals surface area contributed by atoms with Crippen molar-refractivity contribution in [2.45, 2.75) is 33.6 Å². The third-order valence-electron chi connectivity index (χ3n) is 4.31. The van der Waals surface area contributed by atoms with Gasteiger partial charge >= 0.3 is 0 Å². The van der Waals surface area contributed by atoms with E-state index in [9.17, 15) is 0 Å². The molecule has 0 saturated heterocycles. The van der Waals surface area contributed by atoms with Crippen molar-refractivity contribution >= 4 is 0 Å². The van der Waals surface area contributed by atoms with Gasteiger partial charge in [0, 0.05) is 0 Å². The lowest BCUT2D eigenvalue weighted by Crippen LogP contribution is -2.17. The molecule has 0 aliphatic heterocycles. The van der Waals surface area contributed by atoms with Crippen LogP contribution in [-0.2, 0) is 0 Å². The predicted molar refractivity (Wildman–Crippen MR) is 88.0 cm³/mol. The normalized spacial score (nSPS) is 12.7. The van der Waals surface area contributed by atoms with Crippen LogP contribution < -0.4 is 5.73 Å². The first-order chi connectivity index (χ1) is 9.54. The van der Waals surface area contributed by atoms with Gasteiger partial charge in [-0.25, -0.2) is 0 Å². The smallest absolute Gasteiger partial charge is 0.000577 e. The van der Waals surface area contributed by atoms with Crippen LogP contribution in [0.1, 0.15) is 36.5 Å². The average Bonchev–Trinajstić information content (AvgIpc) is 2.43. The minimum absolute atomic E-state index is 0.447. The summed E-state index contributed by atoms with van der Waals surface area (Å²) in [5, 5.41) is 0. The Morgan fingerprint density at radius 2 is 1.60 bits per heavy atom. The zero-order chi connectivity index (χ0) is 14.7. The van der Waals surface area contributed by atoms with Crippen molar-refractivity contribution in [2.24, 2.45) is 11.7 Å². The Hall–Kier alpha value is -1.60. The van der Waals surface area contributed by atoms with Crippen molar-refractivity contribution in [3.8, 4) is 11.1 Å². The molecular formula is C19H25N. The van der Waals surface area contributed by atoms with E-state index in [1.807, 2.05) is 0 Å². The van der Waals surface area contributed by atoms with Crippen LogP contribution in [0.5, 0.6) is 0 Å². The van der Waals surface area contributed by atoms with Gasteiger partial charge in [-0.05, 0) is 60.0 Å². The van der Waals surface area contributed by atoms with E-state index in [2.05, 4.69) is 70.2 Å². The lowest BCUT2D eigenvalue weighted by Gasteiger charge is -2.19. The number of benzene rings is 2. The molecule has 0 saturated carbocycles. The molecule has 2 aromatic carbocycles. The fourth-order valence-electron chi connectivity index (χ4n) is 2.77. The maximum absolute atomic E-state index is 5.90. The maximum Gasteiger partial charge on any atom is -0.000577 e. The molecule has 0 heterocycles. The van der Waals surface area contributed by atoms with Gasteiger partial charge in [0.1, 0.15) is 0 Å². The summed E-state index contributed by atoms with van der Waals surface area (Å²) in [6.45, 7) is 9.53. The van der Waals surface area contributed by atoms with E-state index < -0.39 is 0 Å². The van der Waals surface area contributed by atoms with Crippen LogP contribution in [-0.4, -0.2) is 6.54 Å². The molecule has 0 aliphatic carbocycles. The van der Waals surface area contributed by atoms with E-state index >= 15 is 0 Å². The minimum atomic E-state index is 0.447. The molecule has 106 valence electrons. The van der Waals surface area contributed by atoms with Crippen LogP contribution in [0.15, 0.2) is 42.5 Å². The summed E-state index contributed by atoms with van der Waals surface area (Å²) < 4.78 is 0. The van der Waals surface area contributed by atoms with Crippen LogP contribution in [0, 0.1) is 19.8 Å². The van der Waals surface area contributed by atoms with Gasteiger partial charge in [-0.3, -0.25) is 0 Å². The minimum Gasteiger partial charge on any atom is -0.330 e. The second kappa shape index (κ2) is 6.23. The van der Waals surface area contributed by atoms with E-state index in [-0.39, 0.29) is 0 Å². The molecule has 0 aromatic heterocycles. The fourth-order valence-corrected chi connectivity index (χ4v) is 2.77. The summed E-state index contributed by atoms with van der Waals surface area (Å²) >= 11 is 0.